The number of aryl methyl sites for hydroxylation is 1. The molecule has 0 saturated carbocycles. The van der Waals surface area contributed by atoms with Crippen molar-refractivity contribution in [2.75, 3.05) is 51.3 Å². The quantitative estimate of drug-likeness (QED) is 0.702. The van der Waals surface area contributed by atoms with E-state index in [4.69, 9.17) is 4.74 Å². The topological polar surface area (TPSA) is 50.6 Å². The third kappa shape index (κ3) is 4.39. The molecule has 1 saturated heterocycles. The summed E-state index contributed by atoms with van der Waals surface area (Å²) in [4.78, 5) is 21.9. The van der Waals surface area contributed by atoms with E-state index in [0.717, 1.165) is 48.9 Å². The summed E-state index contributed by atoms with van der Waals surface area (Å²) in [6.07, 6.45) is 1.82. The van der Waals surface area contributed by atoms with E-state index in [1.54, 1.807) is 7.11 Å². The Kier molecular flexibility index (Phi) is 6.29. The summed E-state index contributed by atoms with van der Waals surface area (Å²) in [5.74, 6) is 1.21. The van der Waals surface area contributed by atoms with Crippen LogP contribution in [-0.4, -0.2) is 66.7 Å². The van der Waals surface area contributed by atoms with Crippen LogP contribution in [0.2, 0.25) is 0 Å². The van der Waals surface area contributed by atoms with Gasteiger partial charge in [-0.3, -0.25) is 9.69 Å². The molecule has 27 heavy (non-hydrogen) atoms. The summed E-state index contributed by atoms with van der Waals surface area (Å²) < 4.78 is 7.49. The predicted molar refractivity (Wildman–Crippen MR) is 108 cm³/mol. The smallest absolute Gasteiger partial charge is 0.178 e. The van der Waals surface area contributed by atoms with Gasteiger partial charge in [-0.1, -0.05) is 6.07 Å². The van der Waals surface area contributed by atoms with E-state index >= 15 is 0 Å². The Morgan fingerprint density at radius 1 is 1.22 bits per heavy atom. The molecular weight excluding hydrogens is 340 g/mol. The number of aromatic nitrogens is 2. The van der Waals surface area contributed by atoms with Crippen LogP contribution in [0.5, 0.6) is 0 Å². The Hall–Kier alpha value is -2.18. The molecule has 3 heterocycles. The average molecular weight is 370 g/mol. The van der Waals surface area contributed by atoms with Crippen molar-refractivity contribution in [2.45, 2.75) is 26.8 Å². The largest absolute Gasteiger partial charge is 0.383 e. The van der Waals surface area contributed by atoms with Gasteiger partial charge in [0.2, 0.25) is 0 Å². The van der Waals surface area contributed by atoms with Crippen LogP contribution in [0.15, 0.2) is 30.5 Å². The van der Waals surface area contributed by atoms with E-state index in [0.29, 0.717) is 13.2 Å². The Balaban J connectivity index is 1.61. The number of ketones is 1. The van der Waals surface area contributed by atoms with Gasteiger partial charge in [0, 0.05) is 56.4 Å². The highest BCUT2D eigenvalue weighted by Crippen LogP contribution is 2.22. The molecule has 0 radical (unpaired) electrons. The Morgan fingerprint density at radius 2 is 1.96 bits per heavy atom. The minimum absolute atomic E-state index is 0.199. The van der Waals surface area contributed by atoms with Crippen molar-refractivity contribution in [3.8, 4) is 0 Å². The SMILES string of the molecule is COC[C@@H](C)n1c(C)cc(C(=O)CN2CCN(c3ccccn3)CC2)c1C. The van der Waals surface area contributed by atoms with E-state index in [1.807, 2.05) is 37.4 Å². The highest BCUT2D eigenvalue weighted by Gasteiger charge is 2.23. The fourth-order valence-corrected chi connectivity index (χ4v) is 4.02. The van der Waals surface area contributed by atoms with Gasteiger partial charge in [0.05, 0.1) is 19.2 Å². The van der Waals surface area contributed by atoms with Crippen LogP contribution in [0.25, 0.3) is 0 Å². The molecule has 1 atom stereocenters. The summed E-state index contributed by atoms with van der Waals surface area (Å²) in [6, 6.07) is 8.23. The number of rotatable bonds is 7. The molecule has 0 unspecified atom stereocenters. The van der Waals surface area contributed by atoms with E-state index in [2.05, 4.69) is 33.2 Å². The van der Waals surface area contributed by atoms with Crippen LogP contribution in [0.4, 0.5) is 5.82 Å². The first-order valence-corrected chi connectivity index (χ1v) is 9.60. The van der Waals surface area contributed by atoms with E-state index in [9.17, 15) is 4.79 Å². The monoisotopic (exact) mass is 370 g/mol. The number of pyridine rings is 1. The maximum absolute atomic E-state index is 12.9. The minimum atomic E-state index is 0.199. The first kappa shape index (κ1) is 19.6. The van der Waals surface area contributed by atoms with Gasteiger partial charge < -0.3 is 14.2 Å². The molecule has 0 bridgehead atoms. The van der Waals surface area contributed by atoms with Crippen molar-refractivity contribution in [3.05, 3.63) is 47.4 Å². The maximum Gasteiger partial charge on any atom is 0.178 e. The Labute approximate surface area is 161 Å². The van der Waals surface area contributed by atoms with Gasteiger partial charge in [0.15, 0.2) is 5.78 Å². The van der Waals surface area contributed by atoms with Crippen LogP contribution in [0.1, 0.15) is 34.7 Å². The van der Waals surface area contributed by atoms with Gasteiger partial charge in [-0.25, -0.2) is 4.98 Å². The van der Waals surface area contributed by atoms with Crippen molar-refractivity contribution in [1.29, 1.82) is 0 Å². The fourth-order valence-electron chi connectivity index (χ4n) is 4.02. The lowest BCUT2D eigenvalue weighted by Gasteiger charge is -2.35. The number of Topliss-reactive ketones (excluding diaryl/α,β-unsaturated/α-hetero) is 1. The highest BCUT2D eigenvalue weighted by atomic mass is 16.5. The second-order valence-corrected chi connectivity index (χ2v) is 7.33. The number of ether oxygens (including phenoxy) is 1. The molecule has 1 aliphatic heterocycles. The third-order valence-corrected chi connectivity index (χ3v) is 5.35. The number of hydrogen-bond acceptors (Lipinski definition) is 5. The standard InChI is InChI=1S/C21H30N4O2/c1-16-13-19(18(3)25(16)17(2)15-27-4)20(26)14-23-9-11-24(12-10-23)21-7-5-6-8-22-21/h5-8,13,17H,9-12,14-15H2,1-4H3/t17-/m1/s1. The van der Waals surface area contributed by atoms with Gasteiger partial charge in [-0.05, 0) is 39.0 Å². The lowest BCUT2D eigenvalue weighted by molar-refractivity contribution is 0.0925. The van der Waals surface area contributed by atoms with Crippen molar-refractivity contribution in [2.24, 2.45) is 0 Å². The molecule has 3 rings (SSSR count). The number of nitrogens with zero attached hydrogens (tertiary/aromatic N) is 4. The molecule has 0 N–H and O–H groups in total. The minimum Gasteiger partial charge on any atom is -0.383 e. The van der Waals surface area contributed by atoms with Crippen molar-refractivity contribution in [1.82, 2.24) is 14.5 Å². The van der Waals surface area contributed by atoms with Gasteiger partial charge in [0.1, 0.15) is 5.82 Å². The van der Waals surface area contributed by atoms with Gasteiger partial charge >= 0.3 is 0 Å². The molecule has 0 aliphatic carbocycles. The van der Waals surface area contributed by atoms with Gasteiger partial charge in [-0.2, -0.15) is 0 Å². The molecule has 6 nitrogen and oxygen atoms in total. The number of methoxy groups -OCH3 is 1. The third-order valence-electron chi connectivity index (χ3n) is 5.35. The Bertz CT molecular complexity index is 764. The molecule has 0 spiro atoms. The van der Waals surface area contributed by atoms with Crippen molar-refractivity contribution in [3.63, 3.8) is 0 Å². The number of hydrogen-bond donors (Lipinski definition) is 0. The first-order chi connectivity index (χ1) is 13.0. The van der Waals surface area contributed by atoms with Crippen LogP contribution >= 0.6 is 0 Å². The van der Waals surface area contributed by atoms with Crippen LogP contribution in [0, 0.1) is 13.8 Å². The number of carbonyl (C=O) groups excluding carboxylic acids is 1. The number of carbonyl (C=O) groups is 1. The summed E-state index contributed by atoms with van der Waals surface area (Å²) >= 11 is 0. The molecule has 1 fully saturated rings. The lowest BCUT2D eigenvalue weighted by atomic mass is 10.1. The fraction of sp³-hybridized carbons (Fsp3) is 0.524. The zero-order chi connectivity index (χ0) is 19.4. The van der Waals surface area contributed by atoms with Crippen molar-refractivity contribution >= 4 is 11.6 Å². The molecule has 6 heteroatoms. The molecule has 0 amide bonds. The number of piperazine rings is 1. The van der Waals surface area contributed by atoms with E-state index < -0.39 is 0 Å². The summed E-state index contributed by atoms with van der Waals surface area (Å²) in [5.41, 5.74) is 2.98. The van der Waals surface area contributed by atoms with Crippen LogP contribution in [-0.2, 0) is 4.74 Å². The summed E-state index contributed by atoms with van der Waals surface area (Å²) in [5, 5.41) is 0. The second kappa shape index (κ2) is 8.67. The Morgan fingerprint density at radius 3 is 2.59 bits per heavy atom. The lowest BCUT2D eigenvalue weighted by Crippen LogP contribution is -2.48. The maximum atomic E-state index is 12.9. The van der Waals surface area contributed by atoms with Crippen LogP contribution < -0.4 is 4.90 Å². The summed E-state index contributed by atoms with van der Waals surface area (Å²) in [6.45, 7) is 10.9. The molecule has 0 aromatic carbocycles. The number of anilines is 1. The van der Waals surface area contributed by atoms with E-state index in [-0.39, 0.29) is 11.8 Å². The van der Waals surface area contributed by atoms with Crippen LogP contribution in [0.3, 0.4) is 0 Å². The second-order valence-electron chi connectivity index (χ2n) is 7.33. The summed E-state index contributed by atoms with van der Waals surface area (Å²) in [7, 11) is 1.71. The first-order valence-electron chi connectivity index (χ1n) is 9.60. The van der Waals surface area contributed by atoms with Crippen molar-refractivity contribution < 1.29 is 9.53 Å². The zero-order valence-electron chi connectivity index (χ0n) is 16.8. The van der Waals surface area contributed by atoms with Gasteiger partial charge in [0.25, 0.3) is 0 Å². The molecular formula is C21H30N4O2. The molecule has 2 aromatic rings. The molecule has 146 valence electrons. The average Bonchev–Trinajstić information content (AvgIpc) is 2.97. The zero-order valence-corrected chi connectivity index (χ0v) is 16.8. The normalized spacial score (nSPS) is 16.5. The predicted octanol–water partition coefficient (Wildman–Crippen LogP) is 2.71. The highest BCUT2D eigenvalue weighted by molar-refractivity contribution is 5.99. The molecule has 2 aromatic heterocycles. The van der Waals surface area contributed by atoms with E-state index in [1.165, 1.54) is 0 Å². The molecule has 1 aliphatic rings. The van der Waals surface area contributed by atoms with Gasteiger partial charge in [-0.15, -0.1) is 0 Å².